The number of rotatable bonds is 8. The zero-order valence-corrected chi connectivity index (χ0v) is 24.0. The first-order valence-electron chi connectivity index (χ1n) is 14.0. The minimum Gasteiger partial charge on any atom is -0.494 e. The van der Waals surface area contributed by atoms with E-state index in [4.69, 9.17) is 4.74 Å². The molecule has 1 unspecified atom stereocenters. The van der Waals surface area contributed by atoms with Gasteiger partial charge in [-0.3, -0.25) is 14.4 Å². The van der Waals surface area contributed by atoms with Gasteiger partial charge < -0.3 is 24.5 Å². The minimum absolute atomic E-state index is 0.100. The summed E-state index contributed by atoms with van der Waals surface area (Å²) in [6, 6.07) is 6.13. The summed E-state index contributed by atoms with van der Waals surface area (Å²) in [5.74, 6) is -1.11. The molecule has 4 aliphatic rings. The Kier molecular flexibility index (Phi) is 7.59. The van der Waals surface area contributed by atoms with Crippen LogP contribution in [0.1, 0.15) is 40.5 Å². The summed E-state index contributed by atoms with van der Waals surface area (Å²) in [6.07, 6.45) is 9.92. The first-order valence-corrected chi connectivity index (χ1v) is 14.9. The number of aliphatic hydroxyl groups is 1. The van der Waals surface area contributed by atoms with E-state index in [-0.39, 0.29) is 24.3 Å². The van der Waals surface area contributed by atoms with Gasteiger partial charge >= 0.3 is 0 Å². The molecule has 4 heterocycles. The Labute approximate surface area is 235 Å². The first kappa shape index (κ1) is 27.8. The van der Waals surface area contributed by atoms with Crippen LogP contribution < -0.4 is 9.64 Å². The van der Waals surface area contributed by atoms with Crippen molar-refractivity contribution in [3.05, 3.63) is 48.6 Å². The molecular weight excluding hydrogens is 514 g/mol. The molecular formula is C30H39N3O5S. The van der Waals surface area contributed by atoms with Crippen LogP contribution in [-0.2, 0) is 14.4 Å². The molecule has 39 heavy (non-hydrogen) atoms. The Morgan fingerprint density at radius 3 is 2.41 bits per heavy atom. The van der Waals surface area contributed by atoms with Crippen molar-refractivity contribution in [2.75, 3.05) is 37.7 Å². The molecule has 0 radical (unpaired) electrons. The summed E-state index contributed by atoms with van der Waals surface area (Å²) in [7, 11) is 0. The number of nitrogens with zero attached hydrogens (tertiary/aromatic N) is 3. The van der Waals surface area contributed by atoms with Crippen LogP contribution in [0.5, 0.6) is 5.75 Å². The maximum atomic E-state index is 14.4. The summed E-state index contributed by atoms with van der Waals surface area (Å²) in [5.41, 5.74) is 0.740. The van der Waals surface area contributed by atoms with E-state index in [0.717, 1.165) is 24.3 Å². The van der Waals surface area contributed by atoms with Crippen molar-refractivity contribution >= 4 is 35.2 Å². The van der Waals surface area contributed by atoms with Crippen LogP contribution in [0.25, 0.3) is 0 Å². The molecule has 5 rings (SSSR count). The number of hydrogen-bond donors (Lipinski definition) is 1. The van der Waals surface area contributed by atoms with Crippen LogP contribution >= 0.6 is 11.8 Å². The number of aliphatic hydroxyl groups excluding tert-OH is 1. The lowest BCUT2D eigenvalue weighted by Gasteiger charge is -2.38. The molecule has 0 aromatic heterocycles. The topological polar surface area (TPSA) is 90.4 Å². The normalized spacial score (nSPS) is 32.6. The molecule has 0 saturated carbocycles. The van der Waals surface area contributed by atoms with Crippen molar-refractivity contribution in [1.82, 2.24) is 9.80 Å². The van der Waals surface area contributed by atoms with Gasteiger partial charge in [-0.15, -0.1) is 11.8 Å². The van der Waals surface area contributed by atoms with Crippen molar-refractivity contribution in [2.45, 2.75) is 62.1 Å². The summed E-state index contributed by atoms with van der Waals surface area (Å²) >= 11 is 1.57. The fourth-order valence-electron chi connectivity index (χ4n) is 6.74. The van der Waals surface area contributed by atoms with Gasteiger partial charge in [0, 0.05) is 30.1 Å². The lowest BCUT2D eigenvalue weighted by atomic mass is 9.74. The molecule has 2 fully saturated rings. The lowest BCUT2D eigenvalue weighted by Crippen LogP contribution is -2.56. The van der Waals surface area contributed by atoms with Gasteiger partial charge in [0.05, 0.1) is 35.8 Å². The van der Waals surface area contributed by atoms with Crippen LogP contribution in [0, 0.1) is 11.8 Å². The van der Waals surface area contributed by atoms with E-state index in [2.05, 4.69) is 13.0 Å². The summed E-state index contributed by atoms with van der Waals surface area (Å²) in [6.45, 7) is 9.59. The predicted octanol–water partition coefficient (Wildman–Crippen LogP) is 3.25. The maximum absolute atomic E-state index is 14.4. The summed E-state index contributed by atoms with van der Waals surface area (Å²) in [5, 5.41) is 10.1. The molecule has 1 spiro atoms. The van der Waals surface area contributed by atoms with Crippen molar-refractivity contribution in [2.24, 2.45) is 11.8 Å². The van der Waals surface area contributed by atoms with Gasteiger partial charge in [-0.2, -0.15) is 0 Å². The van der Waals surface area contributed by atoms with Gasteiger partial charge in [-0.05, 0) is 51.5 Å². The highest BCUT2D eigenvalue weighted by Gasteiger charge is 2.74. The van der Waals surface area contributed by atoms with Crippen LogP contribution in [0.2, 0.25) is 0 Å². The molecule has 2 saturated heterocycles. The van der Waals surface area contributed by atoms with Gasteiger partial charge in [0.2, 0.25) is 17.7 Å². The van der Waals surface area contributed by atoms with Crippen LogP contribution in [0.3, 0.4) is 0 Å². The predicted molar refractivity (Wildman–Crippen MR) is 153 cm³/mol. The Hall–Kier alpha value is -2.78. The third-order valence-electron chi connectivity index (χ3n) is 8.56. The third kappa shape index (κ3) is 4.38. The number of benzene rings is 1. The van der Waals surface area contributed by atoms with E-state index in [1.54, 1.807) is 28.5 Å². The molecule has 8 nitrogen and oxygen atoms in total. The fraction of sp³-hybridized carbons (Fsp3) is 0.567. The van der Waals surface area contributed by atoms with Crippen LogP contribution in [0.4, 0.5) is 5.69 Å². The van der Waals surface area contributed by atoms with Crippen molar-refractivity contribution in [3.8, 4) is 5.75 Å². The Morgan fingerprint density at radius 1 is 1.03 bits per heavy atom. The summed E-state index contributed by atoms with van der Waals surface area (Å²) in [4.78, 5) is 48.0. The van der Waals surface area contributed by atoms with Crippen molar-refractivity contribution in [3.63, 3.8) is 0 Å². The molecule has 9 heteroatoms. The summed E-state index contributed by atoms with van der Waals surface area (Å²) < 4.78 is 4.00. The monoisotopic (exact) mass is 553 g/mol. The van der Waals surface area contributed by atoms with E-state index in [0.29, 0.717) is 26.2 Å². The highest BCUT2D eigenvalue weighted by molar-refractivity contribution is 8.02. The van der Waals surface area contributed by atoms with Crippen LogP contribution in [0.15, 0.2) is 48.6 Å². The lowest BCUT2D eigenvalue weighted by molar-refractivity contribution is -0.145. The van der Waals surface area contributed by atoms with Gasteiger partial charge in [-0.1, -0.05) is 37.6 Å². The van der Waals surface area contributed by atoms with E-state index in [1.165, 1.54) is 0 Å². The second-order valence-electron chi connectivity index (χ2n) is 11.1. The number of unbranched alkanes of at least 4 members (excludes halogenated alkanes) is 1. The van der Waals surface area contributed by atoms with Crippen molar-refractivity contribution in [1.29, 1.82) is 0 Å². The molecule has 3 amide bonds. The molecule has 4 aliphatic heterocycles. The molecule has 6 atom stereocenters. The van der Waals surface area contributed by atoms with Gasteiger partial charge in [-0.25, -0.2) is 0 Å². The molecule has 1 aromatic rings. The maximum Gasteiger partial charge on any atom is 0.247 e. The standard InChI is InChI=1S/C30H39N3O5S/c1-5-7-16-31-17-9-15-30-24(27(36)33(20(3)19-34)25(30)28(31)37)23-26(35)32(18-8-14-29(23,4)39-30)21-10-12-22(13-11-21)38-6-2/h8-15,20,23-25,34H,5-7,16-19H2,1-4H3/t20-,23-,24+,25?,29+,30+/m1/s1. The average Bonchev–Trinajstić information content (AvgIpc) is 3.20. The zero-order chi connectivity index (χ0) is 27.9. The smallest absolute Gasteiger partial charge is 0.247 e. The Morgan fingerprint density at radius 2 is 1.74 bits per heavy atom. The van der Waals surface area contributed by atoms with E-state index < -0.39 is 33.4 Å². The quantitative estimate of drug-likeness (QED) is 0.497. The first-order chi connectivity index (χ1) is 18.7. The average molecular weight is 554 g/mol. The SMILES string of the molecule is CCCCN1CC=C[C@]23S[C@@]4(C)C=CCN(c5ccc(OCC)cc5)C(=O)[C@H]4[C@H]2C(=O)N([C@H](C)CO)C3C1=O. The number of likely N-dealkylation sites (tertiary alicyclic amines) is 1. The van der Waals surface area contributed by atoms with E-state index in [9.17, 15) is 19.5 Å². The minimum atomic E-state index is -0.903. The van der Waals surface area contributed by atoms with Crippen molar-refractivity contribution < 1.29 is 24.2 Å². The number of hydrogen-bond acceptors (Lipinski definition) is 6. The third-order valence-corrected chi connectivity index (χ3v) is 10.4. The van der Waals surface area contributed by atoms with E-state index >= 15 is 0 Å². The van der Waals surface area contributed by atoms with Crippen LogP contribution in [-0.4, -0.2) is 87.1 Å². The van der Waals surface area contributed by atoms with Gasteiger partial charge in [0.15, 0.2) is 0 Å². The number of fused-ring (bicyclic) bond motifs is 2. The molecule has 1 aromatic carbocycles. The highest BCUT2D eigenvalue weighted by atomic mass is 32.2. The number of carbonyl (C=O) groups is 3. The molecule has 1 N–H and O–H groups in total. The largest absolute Gasteiger partial charge is 0.494 e. The highest BCUT2D eigenvalue weighted by Crippen LogP contribution is 2.65. The fourth-order valence-corrected chi connectivity index (χ4v) is 8.89. The van der Waals surface area contributed by atoms with E-state index in [1.807, 2.05) is 61.2 Å². The molecule has 0 bridgehead atoms. The zero-order valence-electron chi connectivity index (χ0n) is 23.2. The number of thioether (sulfide) groups is 1. The second-order valence-corrected chi connectivity index (χ2v) is 12.9. The Balaban J connectivity index is 1.58. The number of amides is 3. The second kappa shape index (κ2) is 10.7. The number of ether oxygens (including phenoxy) is 1. The number of carbonyl (C=O) groups excluding carboxylic acids is 3. The van der Waals surface area contributed by atoms with Gasteiger partial charge in [0.1, 0.15) is 11.8 Å². The van der Waals surface area contributed by atoms with Gasteiger partial charge in [0.25, 0.3) is 0 Å². The Bertz CT molecular complexity index is 1190. The number of anilines is 1. The molecule has 210 valence electrons. The molecule has 0 aliphatic carbocycles.